The van der Waals surface area contributed by atoms with Crippen LogP contribution in [-0.4, -0.2) is 31.7 Å². The zero-order valence-corrected chi connectivity index (χ0v) is 29.4. The molecule has 6 aromatic rings. The lowest BCUT2D eigenvalue weighted by Crippen LogP contribution is -2.36. The Morgan fingerprint density at radius 2 is 1.54 bits per heavy atom. The van der Waals surface area contributed by atoms with Crippen LogP contribution < -0.4 is 4.74 Å². The number of benzene rings is 3. The third kappa shape index (κ3) is 6.68. The topological polar surface area (TPSA) is 44.9 Å². The molecule has 0 saturated carbocycles. The van der Waals surface area contributed by atoms with E-state index in [1.54, 1.807) is 24.3 Å². The fourth-order valence-corrected chi connectivity index (χ4v) is 7.67. The minimum Gasteiger partial charge on any atom is -0.457 e. The van der Waals surface area contributed by atoms with Crippen LogP contribution in [0.4, 0.5) is 26.3 Å². The van der Waals surface area contributed by atoms with Crippen molar-refractivity contribution >= 4 is 21.8 Å². The summed E-state index contributed by atoms with van der Waals surface area (Å²) in [6, 6.07) is 24.8. The van der Waals surface area contributed by atoms with Gasteiger partial charge in [0.05, 0.1) is 28.3 Å². The number of alkyl halides is 6. The first-order valence-electron chi connectivity index (χ1n) is 17.2. The van der Waals surface area contributed by atoms with E-state index in [9.17, 15) is 26.3 Å². The molecule has 0 unspecified atom stereocenters. The lowest BCUT2D eigenvalue weighted by molar-refractivity contribution is -0.187. The minimum absolute atomic E-state index is 0.0598. The number of aromatic nitrogens is 4. The van der Waals surface area contributed by atoms with E-state index in [0.29, 0.717) is 17.2 Å². The van der Waals surface area contributed by atoms with Crippen LogP contribution in [0, 0.1) is 25.2 Å². The summed E-state index contributed by atoms with van der Waals surface area (Å²) >= 11 is 0. The summed E-state index contributed by atoms with van der Waals surface area (Å²) in [6.07, 6.45) is -6.86. The smallest absolute Gasteiger partial charge is 0.412 e. The van der Waals surface area contributed by atoms with Crippen molar-refractivity contribution in [3.63, 3.8) is 0 Å². The monoisotopic (exact) mass is 716 g/mol. The van der Waals surface area contributed by atoms with Crippen LogP contribution in [0.5, 0.6) is 11.5 Å². The third-order valence-electron chi connectivity index (χ3n) is 9.70. The number of rotatable bonds is 6. The highest BCUT2D eigenvalue weighted by Gasteiger charge is 2.54. The van der Waals surface area contributed by atoms with E-state index >= 15 is 0 Å². The molecule has 270 valence electrons. The van der Waals surface area contributed by atoms with Crippen molar-refractivity contribution in [2.45, 2.75) is 72.2 Å². The zero-order chi connectivity index (χ0) is 37.2. The maximum absolute atomic E-state index is 14.2. The molecule has 0 saturated heterocycles. The first-order chi connectivity index (χ1) is 24.5. The molecule has 3 aromatic carbocycles. The molecule has 1 aliphatic rings. The Kier molecular flexibility index (Phi) is 8.74. The fraction of sp³-hybridized carbons (Fsp3) is 0.317. The van der Waals surface area contributed by atoms with E-state index in [1.165, 1.54) is 24.1 Å². The maximum atomic E-state index is 14.2. The number of hydrogen-bond donors (Lipinski definition) is 0. The summed E-state index contributed by atoms with van der Waals surface area (Å²) in [5.41, 5.74) is 2.67. The molecule has 0 aliphatic heterocycles. The quantitative estimate of drug-likeness (QED) is 0.127. The summed E-state index contributed by atoms with van der Waals surface area (Å²) in [7, 11) is 0. The highest BCUT2D eigenvalue weighted by molar-refractivity contribution is 6.09. The van der Waals surface area contributed by atoms with E-state index < -0.39 is 36.2 Å². The molecular weight excluding hydrogens is 678 g/mol. The van der Waals surface area contributed by atoms with Gasteiger partial charge in [0.15, 0.2) is 0 Å². The number of aryl methyl sites for hydroxylation is 1. The second kappa shape index (κ2) is 12.9. The van der Waals surface area contributed by atoms with Gasteiger partial charge in [0, 0.05) is 51.9 Å². The molecule has 3 aromatic heterocycles. The second-order valence-electron chi connectivity index (χ2n) is 14.7. The standard InChI is InChI=1S/C41H38F6N4O/c1-24-37(38-32(40(42,43)44)13-9-14-33(38)41(45,46)47)25(2)51(49-24)27-10-8-11-28(21-27)52-29-16-17-31-30-12-6-7-15-34(30)50(35(31)22-29)36-20-26(18-19-48-36)23-39(3,4)5/h6-8,10-13,15-22,33,38H,9,14,23H2,1-5H3/t33-,38+/m0/s1. The van der Waals surface area contributed by atoms with E-state index in [4.69, 9.17) is 9.72 Å². The molecule has 52 heavy (non-hydrogen) atoms. The molecule has 3 heterocycles. The van der Waals surface area contributed by atoms with E-state index in [1.807, 2.05) is 42.6 Å². The number of allylic oxidation sites excluding steroid dienone is 2. The van der Waals surface area contributed by atoms with Crippen molar-refractivity contribution in [3.05, 3.63) is 119 Å². The van der Waals surface area contributed by atoms with Crippen molar-refractivity contribution in [1.82, 2.24) is 19.3 Å². The van der Waals surface area contributed by atoms with E-state index in [-0.39, 0.29) is 28.8 Å². The van der Waals surface area contributed by atoms with Gasteiger partial charge in [-0.2, -0.15) is 31.4 Å². The second-order valence-corrected chi connectivity index (χ2v) is 14.7. The predicted octanol–water partition coefficient (Wildman–Crippen LogP) is 11.9. The molecule has 0 N–H and O–H groups in total. The Morgan fingerprint density at radius 1 is 0.808 bits per heavy atom. The third-order valence-corrected chi connectivity index (χ3v) is 9.70. The van der Waals surface area contributed by atoms with Crippen molar-refractivity contribution in [1.29, 1.82) is 0 Å². The van der Waals surface area contributed by atoms with Gasteiger partial charge in [0.2, 0.25) is 0 Å². The Morgan fingerprint density at radius 3 is 2.27 bits per heavy atom. The Balaban J connectivity index is 1.26. The molecule has 0 radical (unpaired) electrons. The lowest BCUT2D eigenvalue weighted by Gasteiger charge is -2.35. The SMILES string of the molecule is Cc1nn(-c2cccc(Oc3ccc4c5ccccc5n(-c5cc(CC(C)(C)C)ccn5)c4c3)c2)c(C)c1[C@@H]1C(C(F)(F)F)=CCC[C@@H]1C(F)(F)F. The first kappa shape index (κ1) is 35.3. The number of para-hydroxylation sites is 1. The minimum atomic E-state index is -4.92. The number of hydrogen-bond acceptors (Lipinski definition) is 3. The van der Waals surface area contributed by atoms with Crippen molar-refractivity contribution < 1.29 is 31.1 Å². The summed E-state index contributed by atoms with van der Waals surface area (Å²) < 4.78 is 95.0. The first-order valence-corrected chi connectivity index (χ1v) is 17.2. The highest BCUT2D eigenvalue weighted by atomic mass is 19.4. The maximum Gasteiger partial charge on any atom is 0.412 e. The van der Waals surface area contributed by atoms with Crippen LogP contribution in [0.15, 0.2) is 96.7 Å². The summed E-state index contributed by atoms with van der Waals surface area (Å²) in [4.78, 5) is 4.74. The lowest BCUT2D eigenvalue weighted by atomic mass is 9.73. The molecule has 1 aliphatic carbocycles. The Labute approximate surface area is 297 Å². The number of nitrogens with zero attached hydrogens (tertiary/aromatic N) is 4. The number of pyridine rings is 1. The predicted molar refractivity (Wildman–Crippen MR) is 191 cm³/mol. The largest absolute Gasteiger partial charge is 0.457 e. The van der Waals surface area contributed by atoms with Crippen LogP contribution in [0.1, 0.15) is 62.0 Å². The highest BCUT2D eigenvalue weighted by Crippen LogP contribution is 2.53. The van der Waals surface area contributed by atoms with Crippen molar-refractivity contribution in [2.75, 3.05) is 0 Å². The van der Waals surface area contributed by atoms with Crippen LogP contribution in [0.2, 0.25) is 0 Å². The van der Waals surface area contributed by atoms with Gasteiger partial charge in [-0.25, -0.2) is 9.67 Å². The average Bonchev–Trinajstić information content (AvgIpc) is 3.55. The molecule has 2 atom stereocenters. The van der Waals surface area contributed by atoms with Gasteiger partial charge in [-0.05, 0) is 86.6 Å². The van der Waals surface area contributed by atoms with Gasteiger partial charge in [-0.3, -0.25) is 4.57 Å². The normalized spacial score (nSPS) is 17.2. The summed E-state index contributed by atoms with van der Waals surface area (Å²) in [5.74, 6) is -2.37. The van der Waals surface area contributed by atoms with Crippen LogP contribution >= 0.6 is 0 Å². The molecule has 0 fully saturated rings. The molecule has 0 spiro atoms. The molecular formula is C41H38F6N4O. The molecule has 0 bridgehead atoms. The van der Waals surface area contributed by atoms with Crippen molar-refractivity contribution in [2.24, 2.45) is 11.3 Å². The van der Waals surface area contributed by atoms with Crippen LogP contribution in [0.3, 0.4) is 0 Å². The van der Waals surface area contributed by atoms with Gasteiger partial charge in [-0.1, -0.05) is 51.1 Å². The number of halogens is 6. The Hall–Kier alpha value is -5.06. The fourth-order valence-electron chi connectivity index (χ4n) is 7.67. The number of fused-ring (bicyclic) bond motifs is 3. The van der Waals surface area contributed by atoms with Gasteiger partial charge in [0.25, 0.3) is 0 Å². The van der Waals surface area contributed by atoms with E-state index in [2.05, 4.69) is 48.6 Å². The number of ether oxygens (including phenoxy) is 1. The molecule has 0 amide bonds. The van der Waals surface area contributed by atoms with Crippen molar-refractivity contribution in [3.8, 4) is 23.0 Å². The summed E-state index contributed by atoms with van der Waals surface area (Å²) in [6.45, 7) is 9.55. The van der Waals surface area contributed by atoms with Gasteiger partial charge >= 0.3 is 12.4 Å². The average molecular weight is 717 g/mol. The molecule has 5 nitrogen and oxygen atoms in total. The van der Waals surface area contributed by atoms with Gasteiger partial charge < -0.3 is 4.74 Å². The van der Waals surface area contributed by atoms with Gasteiger partial charge in [0.1, 0.15) is 17.3 Å². The van der Waals surface area contributed by atoms with E-state index in [0.717, 1.165) is 40.1 Å². The molecule has 11 heteroatoms. The Bertz CT molecular complexity index is 2320. The summed E-state index contributed by atoms with van der Waals surface area (Å²) in [5, 5.41) is 6.54. The molecule has 7 rings (SSSR count). The van der Waals surface area contributed by atoms with Crippen LogP contribution in [-0.2, 0) is 6.42 Å². The zero-order valence-electron chi connectivity index (χ0n) is 29.4. The van der Waals surface area contributed by atoms with Gasteiger partial charge in [-0.15, -0.1) is 0 Å². The van der Waals surface area contributed by atoms with Crippen LogP contribution in [0.25, 0.3) is 33.3 Å².